The van der Waals surface area contributed by atoms with Gasteiger partial charge in [0.1, 0.15) is 17.6 Å². The third-order valence-corrected chi connectivity index (χ3v) is 4.19. The molecule has 7 heteroatoms. The van der Waals surface area contributed by atoms with Gasteiger partial charge in [-0.15, -0.1) is 0 Å². The summed E-state index contributed by atoms with van der Waals surface area (Å²) in [5.74, 6) is 0.781. The van der Waals surface area contributed by atoms with Crippen LogP contribution in [0.2, 0.25) is 0 Å². The molecule has 3 rings (SSSR count). The van der Waals surface area contributed by atoms with Crippen LogP contribution in [0.1, 0.15) is 35.9 Å². The van der Waals surface area contributed by atoms with Gasteiger partial charge in [0.25, 0.3) is 5.91 Å². The van der Waals surface area contributed by atoms with Crippen molar-refractivity contribution in [2.24, 2.45) is 0 Å². The average molecular weight is 342 g/mol. The first-order valence-electron chi connectivity index (χ1n) is 8.46. The number of nitrogens with zero attached hydrogens (tertiary/aromatic N) is 2. The molecule has 0 saturated carbocycles. The number of hydrogen-bond acceptors (Lipinski definition) is 5. The van der Waals surface area contributed by atoms with Crippen LogP contribution in [-0.2, 0) is 11.3 Å². The highest BCUT2D eigenvalue weighted by Crippen LogP contribution is 2.21. The Morgan fingerprint density at radius 3 is 2.80 bits per heavy atom. The number of rotatable bonds is 6. The third-order valence-electron chi connectivity index (χ3n) is 4.19. The van der Waals surface area contributed by atoms with Crippen molar-refractivity contribution in [3.63, 3.8) is 0 Å². The van der Waals surface area contributed by atoms with E-state index in [-0.39, 0.29) is 18.4 Å². The van der Waals surface area contributed by atoms with Crippen molar-refractivity contribution in [3.05, 3.63) is 48.0 Å². The molecule has 2 aromatic rings. The zero-order chi connectivity index (χ0) is 17.6. The minimum Gasteiger partial charge on any atom is -0.467 e. The van der Waals surface area contributed by atoms with Gasteiger partial charge in [-0.2, -0.15) is 0 Å². The van der Waals surface area contributed by atoms with Gasteiger partial charge in [0.2, 0.25) is 5.91 Å². The molecule has 1 atom stereocenters. The number of amides is 2. The molecule has 1 fully saturated rings. The van der Waals surface area contributed by atoms with Crippen molar-refractivity contribution in [2.75, 3.05) is 18.0 Å². The fourth-order valence-corrected chi connectivity index (χ4v) is 2.84. The summed E-state index contributed by atoms with van der Waals surface area (Å²) in [6.07, 6.45) is 5.44. The number of anilines is 1. The molecular formula is C18H22N4O3. The second-order valence-electron chi connectivity index (χ2n) is 6.06. The van der Waals surface area contributed by atoms with E-state index < -0.39 is 6.04 Å². The van der Waals surface area contributed by atoms with E-state index in [1.807, 2.05) is 0 Å². The summed E-state index contributed by atoms with van der Waals surface area (Å²) in [6.45, 7) is 3.74. The molecule has 0 bridgehead atoms. The molecule has 3 heterocycles. The van der Waals surface area contributed by atoms with E-state index in [0.29, 0.717) is 17.1 Å². The van der Waals surface area contributed by atoms with Crippen molar-refractivity contribution in [1.82, 2.24) is 15.6 Å². The predicted octanol–water partition coefficient (Wildman–Crippen LogP) is 1.71. The Morgan fingerprint density at radius 2 is 2.08 bits per heavy atom. The molecule has 0 spiro atoms. The maximum Gasteiger partial charge on any atom is 0.255 e. The van der Waals surface area contributed by atoms with Gasteiger partial charge >= 0.3 is 0 Å². The van der Waals surface area contributed by atoms with E-state index in [0.717, 1.165) is 25.9 Å². The molecule has 1 saturated heterocycles. The molecule has 7 nitrogen and oxygen atoms in total. The van der Waals surface area contributed by atoms with E-state index >= 15 is 0 Å². The van der Waals surface area contributed by atoms with Crippen LogP contribution < -0.4 is 15.5 Å². The molecule has 0 aromatic carbocycles. The van der Waals surface area contributed by atoms with Crippen LogP contribution in [0.3, 0.4) is 0 Å². The Balaban J connectivity index is 1.60. The van der Waals surface area contributed by atoms with Crippen molar-refractivity contribution < 1.29 is 14.0 Å². The van der Waals surface area contributed by atoms with Crippen LogP contribution in [-0.4, -0.2) is 35.9 Å². The van der Waals surface area contributed by atoms with Crippen LogP contribution in [0.15, 0.2) is 41.1 Å². The molecule has 1 aliphatic heterocycles. The zero-order valence-electron chi connectivity index (χ0n) is 14.2. The third kappa shape index (κ3) is 4.17. The molecule has 2 N–H and O–H groups in total. The number of carbonyl (C=O) groups is 2. The van der Waals surface area contributed by atoms with Gasteiger partial charge in [0.05, 0.1) is 18.4 Å². The molecule has 132 valence electrons. The van der Waals surface area contributed by atoms with Gasteiger partial charge < -0.3 is 20.0 Å². The standard InChI is InChI=1S/C18H22N4O3/c1-13(17(23)20-12-14-6-5-11-25-14)21-18(24)15-7-4-8-19-16(15)22-9-2-3-10-22/h4-8,11,13H,2-3,9-10,12H2,1H3,(H,20,23)(H,21,24). The Kier molecular flexibility index (Phi) is 5.33. The summed E-state index contributed by atoms with van der Waals surface area (Å²) >= 11 is 0. The highest BCUT2D eigenvalue weighted by Gasteiger charge is 2.23. The highest BCUT2D eigenvalue weighted by atomic mass is 16.3. The molecule has 2 amide bonds. The number of pyridine rings is 1. The lowest BCUT2D eigenvalue weighted by atomic mass is 10.2. The first-order valence-corrected chi connectivity index (χ1v) is 8.46. The Morgan fingerprint density at radius 1 is 1.28 bits per heavy atom. The van der Waals surface area contributed by atoms with Crippen molar-refractivity contribution in [1.29, 1.82) is 0 Å². The van der Waals surface area contributed by atoms with Crippen LogP contribution in [0.4, 0.5) is 5.82 Å². The van der Waals surface area contributed by atoms with Gasteiger partial charge in [-0.1, -0.05) is 0 Å². The Bertz CT molecular complexity index is 724. The quantitative estimate of drug-likeness (QED) is 0.834. The summed E-state index contributed by atoms with van der Waals surface area (Å²) in [5, 5.41) is 5.48. The van der Waals surface area contributed by atoms with Crippen LogP contribution in [0.25, 0.3) is 0 Å². The summed E-state index contributed by atoms with van der Waals surface area (Å²) in [4.78, 5) is 31.2. The van der Waals surface area contributed by atoms with Gasteiger partial charge in [0, 0.05) is 19.3 Å². The molecule has 2 aromatic heterocycles. The smallest absolute Gasteiger partial charge is 0.255 e. The number of aromatic nitrogens is 1. The monoisotopic (exact) mass is 342 g/mol. The van der Waals surface area contributed by atoms with Crippen LogP contribution >= 0.6 is 0 Å². The predicted molar refractivity (Wildman–Crippen MR) is 93.2 cm³/mol. The Hall–Kier alpha value is -2.83. The number of furan rings is 1. The topological polar surface area (TPSA) is 87.5 Å². The maximum absolute atomic E-state index is 12.6. The van der Waals surface area contributed by atoms with Gasteiger partial charge in [0.15, 0.2) is 0 Å². The average Bonchev–Trinajstić information content (AvgIpc) is 3.33. The van der Waals surface area contributed by atoms with E-state index in [4.69, 9.17) is 4.42 Å². The molecule has 25 heavy (non-hydrogen) atoms. The lowest BCUT2D eigenvalue weighted by Gasteiger charge is -2.20. The molecule has 1 aliphatic rings. The summed E-state index contributed by atoms with van der Waals surface area (Å²) in [7, 11) is 0. The van der Waals surface area contributed by atoms with Crippen molar-refractivity contribution in [2.45, 2.75) is 32.4 Å². The van der Waals surface area contributed by atoms with Crippen molar-refractivity contribution in [3.8, 4) is 0 Å². The fraction of sp³-hybridized carbons (Fsp3) is 0.389. The zero-order valence-corrected chi connectivity index (χ0v) is 14.2. The summed E-state index contributed by atoms with van der Waals surface area (Å²) in [5.41, 5.74) is 0.495. The molecule has 0 aliphatic carbocycles. The maximum atomic E-state index is 12.6. The van der Waals surface area contributed by atoms with Gasteiger partial charge in [-0.25, -0.2) is 4.98 Å². The number of nitrogens with one attached hydrogen (secondary N) is 2. The van der Waals surface area contributed by atoms with Crippen molar-refractivity contribution >= 4 is 17.6 Å². The first kappa shape index (κ1) is 17.0. The van der Waals surface area contributed by atoms with E-state index in [1.165, 1.54) is 0 Å². The second kappa shape index (κ2) is 7.83. The van der Waals surface area contributed by atoms with E-state index in [2.05, 4.69) is 20.5 Å². The largest absolute Gasteiger partial charge is 0.467 e. The van der Waals surface area contributed by atoms with Crippen LogP contribution in [0.5, 0.6) is 0 Å². The van der Waals surface area contributed by atoms with Gasteiger partial charge in [-0.05, 0) is 44.0 Å². The Labute approximate surface area is 146 Å². The fourth-order valence-electron chi connectivity index (χ4n) is 2.84. The molecular weight excluding hydrogens is 320 g/mol. The van der Waals surface area contributed by atoms with Crippen LogP contribution in [0, 0.1) is 0 Å². The first-order chi connectivity index (χ1) is 12.1. The minimum atomic E-state index is -0.658. The summed E-state index contributed by atoms with van der Waals surface area (Å²) in [6, 6.07) is 6.35. The second-order valence-corrected chi connectivity index (χ2v) is 6.06. The number of carbonyl (C=O) groups excluding carboxylic acids is 2. The lowest BCUT2D eigenvalue weighted by molar-refractivity contribution is -0.122. The molecule has 0 radical (unpaired) electrons. The van der Waals surface area contributed by atoms with E-state index in [9.17, 15) is 9.59 Å². The minimum absolute atomic E-state index is 0.267. The summed E-state index contributed by atoms with van der Waals surface area (Å²) < 4.78 is 5.17. The van der Waals surface area contributed by atoms with Gasteiger partial charge in [-0.3, -0.25) is 9.59 Å². The van der Waals surface area contributed by atoms with E-state index in [1.54, 1.807) is 43.6 Å². The highest BCUT2D eigenvalue weighted by molar-refractivity contribution is 6.01. The number of hydrogen-bond donors (Lipinski definition) is 2. The lowest BCUT2D eigenvalue weighted by Crippen LogP contribution is -2.44. The molecule has 1 unspecified atom stereocenters. The SMILES string of the molecule is CC(NC(=O)c1cccnc1N1CCCC1)C(=O)NCc1ccco1. The normalized spacial score (nSPS) is 15.0.